The molecule has 8 nitrogen and oxygen atoms in total. The molecule has 1 aromatic rings. The molecular weight excluding hydrogens is 356 g/mol. The van der Waals surface area contributed by atoms with Crippen molar-refractivity contribution in [2.24, 2.45) is 5.10 Å². The van der Waals surface area contributed by atoms with Gasteiger partial charge in [-0.05, 0) is 42.4 Å². The number of hydrogen-bond acceptors (Lipinski definition) is 9. The minimum absolute atomic E-state index is 0.170. The summed E-state index contributed by atoms with van der Waals surface area (Å²) in [6, 6.07) is 6.10. The van der Waals surface area contributed by atoms with Crippen LogP contribution >= 0.6 is 11.8 Å². The second kappa shape index (κ2) is 8.56. The lowest BCUT2D eigenvalue weighted by molar-refractivity contribution is -0.265. The van der Waals surface area contributed by atoms with Gasteiger partial charge in [0.1, 0.15) is 12.0 Å². The average molecular weight is 376 g/mol. The van der Waals surface area contributed by atoms with Crippen molar-refractivity contribution < 1.29 is 27.8 Å². The lowest BCUT2D eigenvalue weighted by Crippen LogP contribution is -2.19. The number of methoxy groups -OCH3 is 1. The molecule has 1 unspecified atom stereocenters. The van der Waals surface area contributed by atoms with E-state index in [-0.39, 0.29) is 11.0 Å². The third-order valence-electron chi connectivity index (χ3n) is 3.02. The summed E-state index contributed by atoms with van der Waals surface area (Å²) in [7, 11) is -1.63. The summed E-state index contributed by atoms with van der Waals surface area (Å²) in [5, 5.41) is 5.77. The van der Waals surface area contributed by atoms with Crippen molar-refractivity contribution in [3.8, 4) is 5.75 Å². The Morgan fingerprint density at radius 2 is 2.04 bits per heavy atom. The lowest BCUT2D eigenvalue weighted by atomic mass is 10.3. The van der Waals surface area contributed by atoms with Gasteiger partial charge in [-0.1, -0.05) is 12.0 Å². The van der Waals surface area contributed by atoms with Crippen LogP contribution in [-0.4, -0.2) is 50.8 Å². The highest BCUT2D eigenvalue weighted by molar-refractivity contribution is 8.13. The van der Waals surface area contributed by atoms with E-state index in [2.05, 4.69) is 5.10 Å². The standard InChI is InChI=1S/C14H20N2O6S2/c1-4-11(9-19-2)21-22-14-15-16(10-23-14)20-12-5-7-13(8-6-12)24(3,17)18/h5-8,11H,4,9-10H2,1-3H3. The Labute approximate surface area is 145 Å². The summed E-state index contributed by atoms with van der Waals surface area (Å²) < 4.78 is 27.8. The van der Waals surface area contributed by atoms with E-state index in [1.165, 1.54) is 29.1 Å². The number of thioether (sulfide) groups is 1. The smallest absolute Gasteiger partial charge is 0.312 e. The topological polar surface area (TPSA) is 86.7 Å². The maximum absolute atomic E-state index is 11.4. The lowest BCUT2D eigenvalue weighted by Gasteiger charge is -2.13. The van der Waals surface area contributed by atoms with Gasteiger partial charge >= 0.3 is 5.23 Å². The molecule has 2 rings (SSSR count). The van der Waals surface area contributed by atoms with Crippen molar-refractivity contribution in [2.45, 2.75) is 24.3 Å². The zero-order valence-electron chi connectivity index (χ0n) is 13.7. The van der Waals surface area contributed by atoms with Crippen LogP contribution in [0.15, 0.2) is 34.3 Å². The second-order valence-corrected chi connectivity index (χ2v) is 7.90. The van der Waals surface area contributed by atoms with Gasteiger partial charge in [0.25, 0.3) is 0 Å². The molecule has 1 aliphatic heterocycles. The number of sulfone groups is 1. The van der Waals surface area contributed by atoms with Gasteiger partial charge in [-0.15, -0.1) is 5.17 Å². The van der Waals surface area contributed by atoms with Crippen molar-refractivity contribution in [1.29, 1.82) is 0 Å². The van der Waals surface area contributed by atoms with E-state index in [1.807, 2.05) is 6.92 Å². The second-order valence-electron chi connectivity index (χ2n) is 4.99. The van der Waals surface area contributed by atoms with Gasteiger partial charge < -0.3 is 14.5 Å². The summed E-state index contributed by atoms with van der Waals surface area (Å²) in [6.07, 6.45) is 1.73. The summed E-state index contributed by atoms with van der Waals surface area (Å²) in [4.78, 5) is 16.2. The molecule has 0 saturated carbocycles. The number of hydroxylamine groups is 1. The van der Waals surface area contributed by atoms with E-state index in [1.54, 1.807) is 19.2 Å². The molecule has 24 heavy (non-hydrogen) atoms. The van der Waals surface area contributed by atoms with Crippen LogP contribution in [0.25, 0.3) is 0 Å². The zero-order valence-corrected chi connectivity index (χ0v) is 15.3. The van der Waals surface area contributed by atoms with Gasteiger partial charge in [-0.2, -0.15) is 4.89 Å². The molecule has 0 N–H and O–H groups in total. The fourth-order valence-electron chi connectivity index (χ4n) is 1.72. The molecule has 0 saturated heterocycles. The molecule has 1 atom stereocenters. The molecule has 0 fully saturated rings. The normalized spacial score (nSPS) is 16.0. The number of hydrazone groups is 1. The van der Waals surface area contributed by atoms with Crippen LogP contribution in [0.3, 0.4) is 0 Å². The van der Waals surface area contributed by atoms with Crippen molar-refractivity contribution >= 4 is 26.8 Å². The molecular formula is C14H20N2O6S2. The van der Waals surface area contributed by atoms with Gasteiger partial charge in [-0.3, -0.25) is 0 Å². The largest absolute Gasteiger partial charge is 0.382 e. The third-order valence-corrected chi connectivity index (χ3v) is 4.89. The molecule has 0 amide bonds. The van der Waals surface area contributed by atoms with E-state index >= 15 is 0 Å². The molecule has 0 aliphatic carbocycles. The monoisotopic (exact) mass is 376 g/mol. The van der Waals surface area contributed by atoms with Crippen molar-refractivity contribution in [1.82, 2.24) is 5.17 Å². The van der Waals surface area contributed by atoms with Crippen LogP contribution in [0.2, 0.25) is 0 Å². The van der Waals surface area contributed by atoms with Crippen LogP contribution in [-0.2, 0) is 24.3 Å². The number of rotatable bonds is 8. The maximum Gasteiger partial charge on any atom is 0.312 e. The van der Waals surface area contributed by atoms with E-state index in [0.717, 1.165) is 12.7 Å². The van der Waals surface area contributed by atoms with Gasteiger partial charge in [-0.25, -0.2) is 8.42 Å². The first-order valence-electron chi connectivity index (χ1n) is 7.21. The Morgan fingerprint density at radius 1 is 1.33 bits per heavy atom. The highest BCUT2D eigenvalue weighted by Crippen LogP contribution is 2.22. The predicted molar refractivity (Wildman–Crippen MR) is 90.0 cm³/mol. The first kappa shape index (κ1) is 18.8. The molecule has 1 heterocycles. The van der Waals surface area contributed by atoms with E-state index in [9.17, 15) is 8.42 Å². The van der Waals surface area contributed by atoms with E-state index < -0.39 is 9.84 Å². The van der Waals surface area contributed by atoms with Crippen LogP contribution in [0, 0.1) is 0 Å². The fourth-order valence-corrected chi connectivity index (χ4v) is 2.92. The summed E-state index contributed by atoms with van der Waals surface area (Å²) in [5.74, 6) is 0.896. The molecule has 134 valence electrons. The summed E-state index contributed by atoms with van der Waals surface area (Å²) >= 11 is 1.31. The highest BCUT2D eigenvalue weighted by Gasteiger charge is 2.21. The SMILES string of the molecule is CCC(COC)OOC1=NN(Oc2ccc(S(C)(=O)=O)cc2)CS1. The predicted octanol–water partition coefficient (Wildman–Crippen LogP) is 2.03. The van der Waals surface area contributed by atoms with Gasteiger partial charge in [0.2, 0.25) is 0 Å². The summed E-state index contributed by atoms with van der Waals surface area (Å²) in [6.45, 7) is 2.40. The Balaban J connectivity index is 1.87. The average Bonchev–Trinajstić information content (AvgIpc) is 2.98. The van der Waals surface area contributed by atoms with Crippen LogP contribution in [0.4, 0.5) is 0 Å². The number of ether oxygens (including phenoxy) is 1. The Hall–Kier alpha value is -1.49. The van der Waals surface area contributed by atoms with Crippen LogP contribution < -0.4 is 4.84 Å². The molecule has 0 spiro atoms. The quantitative estimate of drug-likeness (QED) is 0.503. The summed E-state index contributed by atoms with van der Waals surface area (Å²) in [5.41, 5.74) is 0. The number of nitrogens with zero attached hydrogens (tertiary/aromatic N) is 2. The van der Waals surface area contributed by atoms with E-state index in [0.29, 0.717) is 23.5 Å². The molecule has 1 aliphatic rings. The molecule has 1 aromatic carbocycles. The molecule has 0 aromatic heterocycles. The first-order chi connectivity index (χ1) is 11.4. The fraction of sp³-hybridized carbons (Fsp3) is 0.500. The molecule has 0 bridgehead atoms. The van der Waals surface area contributed by atoms with Crippen LogP contribution in [0.5, 0.6) is 5.75 Å². The number of benzene rings is 1. The number of hydrogen-bond donors (Lipinski definition) is 0. The maximum atomic E-state index is 11.4. The zero-order chi connectivity index (χ0) is 17.6. The Bertz CT molecular complexity index is 662. The van der Waals surface area contributed by atoms with Crippen LogP contribution in [0.1, 0.15) is 13.3 Å². The van der Waals surface area contributed by atoms with Crippen molar-refractivity contribution in [3.05, 3.63) is 24.3 Å². The van der Waals surface area contributed by atoms with Gasteiger partial charge in [0, 0.05) is 13.4 Å². The minimum Gasteiger partial charge on any atom is -0.382 e. The molecule has 0 radical (unpaired) electrons. The molecule has 10 heteroatoms. The van der Waals surface area contributed by atoms with Gasteiger partial charge in [0.15, 0.2) is 15.6 Å². The third kappa shape index (κ3) is 5.55. The van der Waals surface area contributed by atoms with Crippen molar-refractivity contribution in [2.75, 3.05) is 25.8 Å². The van der Waals surface area contributed by atoms with E-state index in [4.69, 9.17) is 19.3 Å². The Morgan fingerprint density at radius 3 is 2.62 bits per heavy atom. The minimum atomic E-state index is -3.23. The van der Waals surface area contributed by atoms with Gasteiger partial charge in [0.05, 0.1) is 11.5 Å². The highest BCUT2D eigenvalue weighted by atomic mass is 32.2. The Kier molecular flexibility index (Phi) is 6.72. The van der Waals surface area contributed by atoms with Crippen molar-refractivity contribution in [3.63, 3.8) is 0 Å². The first-order valence-corrected chi connectivity index (χ1v) is 10.1.